The van der Waals surface area contributed by atoms with Gasteiger partial charge in [0.2, 0.25) is 0 Å². The molecule has 0 aromatic rings. The van der Waals surface area contributed by atoms with Crippen LogP contribution < -0.4 is 0 Å². The number of rotatable bonds is 2. The van der Waals surface area contributed by atoms with Crippen LogP contribution in [-0.4, -0.2) is 24.7 Å². The first kappa shape index (κ1) is 8.59. The third-order valence-electron chi connectivity index (χ3n) is 0.867. The molecule has 0 bridgehead atoms. The Bertz CT molecular complexity index is 213. The standard InChI is InChI=1S/C6H7NO3/c1-4(8)5(3-7)6(9)10-2/h7H,1-2H3. The molecule has 0 aromatic heterocycles. The van der Waals surface area contributed by atoms with Gasteiger partial charge < -0.3 is 4.74 Å². The first-order valence-electron chi connectivity index (χ1n) is 2.52. The Morgan fingerprint density at radius 1 is 1.50 bits per heavy atom. The lowest BCUT2D eigenvalue weighted by atomic mass is 10.2. The van der Waals surface area contributed by atoms with Crippen molar-refractivity contribution in [2.45, 2.75) is 6.92 Å². The predicted molar refractivity (Wildman–Crippen MR) is 33.9 cm³/mol. The Kier molecular flexibility index (Phi) is 3.08. The highest BCUT2D eigenvalue weighted by Gasteiger charge is 2.13. The topological polar surface area (TPSA) is 67.2 Å². The van der Waals surface area contributed by atoms with E-state index >= 15 is 0 Å². The normalized spacial score (nSPS) is 7.80. The number of methoxy groups -OCH3 is 1. The second-order valence-corrected chi connectivity index (χ2v) is 1.55. The van der Waals surface area contributed by atoms with Gasteiger partial charge in [0.15, 0.2) is 11.4 Å². The quantitative estimate of drug-likeness (QED) is 0.192. The fraction of sp³-hybridized carbons (Fsp3) is 0.333. The van der Waals surface area contributed by atoms with Gasteiger partial charge in [0.25, 0.3) is 0 Å². The number of nitrogens with one attached hydrogen (secondary N) is 1. The number of ether oxygens (including phenoxy) is 1. The molecule has 0 spiro atoms. The average Bonchev–Trinajstić information content (AvgIpc) is 1.88. The van der Waals surface area contributed by atoms with Crippen LogP contribution in [0.25, 0.3) is 0 Å². The van der Waals surface area contributed by atoms with Gasteiger partial charge >= 0.3 is 5.97 Å². The molecule has 0 aromatic carbocycles. The van der Waals surface area contributed by atoms with E-state index in [0.717, 1.165) is 7.11 Å². The lowest BCUT2D eigenvalue weighted by Gasteiger charge is -1.94. The third kappa shape index (κ3) is 1.84. The maximum absolute atomic E-state index is 10.5. The summed E-state index contributed by atoms with van der Waals surface area (Å²) in [5.74, 6) is 0.365. The summed E-state index contributed by atoms with van der Waals surface area (Å²) >= 11 is 0. The minimum absolute atomic E-state index is 0.359. The number of Topliss-reactive ketones (excluding diaryl/α,β-unsaturated/α-hetero) is 1. The SMILES string of the molecule is COC(=O)C(=C=N)C(C)=O. The Hall–Kier alpha value is -1.41. The van der Waals surface area contributed by atoms with Crippen molar-refractivity contribution in [1.29, 1.82) is 5.41 Å². The highest BCUT2D eigenvalue weighted by atomic mass is 16.5. The van der Waals surface area contributed by atoms with Gasteiger partial charge in [-0.2, -0.15) is 0 Å². The average molecular weight is 141 g/mol. The second-order valence-electron chi connectivity index (χ2n) is 1.55. The molecule has 0 fully saturated rings. The van der Waals surface area contributed by atoms with E-state index in [1.54, 1.807) is 5.87 Å². The van der Waals surface area contributed by atoms with Crippen LogP contribution in [0.2, 0.25) is 0 Å². The van der Waals surface area contributed by atoms with Gasteiger partial charge in [0, 0.05) is 6.92 Å². The second kappa shape index (κ2) is 3.58. The van der Waals surface area contributed by atoms with E-state index < -0.39 is 11.8 Å². The van der Waals surface area contributed by atoms with Gasteiger partial charge in [-0.1, -0.05) is 0 Å². The molecule has 1 N–H and O–H groups in total. The van der Waals surface area contributed by atoms with Crippen molar-refractivity contribution >= 4 is 17.6 Å². The molecule has 0 atom stereocenters. The molecular formula is C6H7NO3. The molecule has 4 heteroatoms. The van der Waals surface area contributed by atoms with E-state index in [9.17, 15) is 9.59 Å². The van der Waals surface area contributed by atoms with Gasteiger partial charge in [-0.05, 0) is 5.87 Å². The molecule has 0 radical (unpaired) electrons. The van der Waals surface area contributed by atoms with E-state index in [-0.39, 0.29) is 5.57 Å². The number of ketones is 1. The van der Waals surface area contributed by atoms with Gasteiger partial charge in [0.05, 0.1) is 7.11 Å². The van der Waals surface area contributed by atoms with Crippen molar-refractivity contribution in [2.24, 2.45) is 0 Å². The summed E-state index contributed by atoms with van der Waals surface area (Å²) in [4.78, 5) is 21.0. The number of esters is 1. The molecule has 0 aliphatic rings. The molecule has 0 aliphatic heterocycles. The molecule has 4 nitrogen and oxygen atoms in total. The zero-order valence-electron chi connectivity index (χ0n) is 5.72. The van der Waals surface area contributed by atoms with Crippen LogP contribution in [0.3, 0.4) is 0 Å². The molecule has 0 rings (SSSR count). The first-order valence-corrected chi connectivity index (χ1v) is 2.52. The van der Waals surface area contributed by atoms with Crippen LogP contribution >= 0.6 is 0 Å². The Balaban J connectivity index is 4.56. The molecule has 0 unspecified atom stereocenters. The van der Waals surface area contributed by atoms with E-state index in [2.05, 4.69) is 4.74 Å². The van der Waals surface area contributed by atoms with Crippen molar-refractivity contribution in [3.8, 4) is 0 Å². The van der Waals surface area contributed by atoms with Crippen molar-refractivity contribution in [3.05, 3.63) is 5.57 Å². The van der Waals surface area contributed by atoms with Crippen LogP contribution in [0.15, 0.2) is 5.57 Å². The lowest BCUT2D eigenvalue weighted by Crippen LogP contribution is -2.11. The summed E-state index contributed by atoms with van der Waals surface area (Å²) in [5, 5.41) is 6.52. The van der Waals surface area contributed by atoms with E-state index in [1.165, 1.54) is 6.92 Å². The Labute approximate surface area is 58.0 Å². The molecule has 0 heterocycles. The summed E-state index contributed by atoms with van der Waals surface area (Å²) < 4.78 is 4.19. The minimum Gasteiger partial charge on any atom is -0.465 e. The highest BCUT2D eigenvalue weighted by Crippen LogP contribution is 1.92. The number of hydrogen-bond donors (Lipinski definition) is 1. The third-order valence-corrected chi connectivity index (χ3v) is 0.867. The number of carbonyl (C=O) groups is 2. The lowest BCUT2D eigenvalue weighted by molar-refractivity contribution is -0.137. The summed E-state index contributed by atoms with van der Waals surface area (Å²) in [7, 11) is 1.14. The van der Waals surface area contributed by atoms with Crippen LogP contribution in [0.1, 0.15) is 6.92 Å². The van der Waals surface area contributed by atoms with Gasteiger partial charge in [-0.15, -0.1) is 0 Å². The fourth-order valence-electron chi connectivity index (χ4n) is 0.385. The van der Waals surface area contributed by atoms with E-state index in [4.69, 9.17) is 5.41 Å². The summed E-state index contributed by atoms with van der Waals surface area (Å²) in [6.07, 6.45) is 0. The minimum atomic E-state index is -0.817. The van der Waals surface area contributed by atoms with Crippen LogP contribution in [0.4, 0.5) is 0 Å². The first-order chi connectivity index (χ1) is 4.63. The maximum atomic E-state index is 10.5. The molecule has 10 heavy (non-hydrogen) atoms. The van der Waals surface area contributed by atoms with E-state index in [0.29, 0.717) is 0 Å². The van der Waals surface area contributed by atoms with Crippen molar-refractivity contribution < 1.29 is 14.3 Å². The number of carbonyl (C=O) groups excluding carboxylic acids is 2. The van der Waals surface area contributed by atoms with Crippen LogP contribution in [-0.2, 0) is 14.3 Å². The summed E-state index contributed by atoms with van der Waals surface area (Å²) in [6, 6.07) is 0. The van der Waals surface area contributed by atoms with E-state index in [1.807, 2.05) is 0 Å². The van der Waals surface area contributed by atoms with Crippen LogP contribution in [0.5, 0.6) is 0 Å². The van der Waals surface area contributed by atoms with Crippen molar-refractivity contribution in [3.63, 3.8) is 0 Å². The fourth-order valence-corrected chi connectivity index (χ4v) is 0.385. The molecule has 0 aliphatic carbocycles. The zero-order valence-corrected chi connectivity index (χ0v) is 5.72. The van der Waals surface area contributed by atoms with Gasteiger partial charge in [0.1, 0.15) is 0 Å². The van der Waals surface area contributed by atoms with Gasteiger partial charge in [-0.3, -0.25) is 10.2 Å². The molecule has 0 saturated carbocycles. The summed E-state index contributed by atoms with van der Waals surface area (Å²) in [5.41, 5.74) is -0.359. The monoisotopic (exact) mass is 141 g/mol. The smallest absolute Gasteiger partial charge is 0.351 e. The van der Waals surface area contributed by atoms with Crippen molar-refractivity contribution in [2.75, 3.05) is 7.11 Å². The molecule has 0 saturated heterocycles. The molecule has 0 amide bonds. The Morgan fingerprint density at radius 3 is 2.10 bits per heavy atom. The predicted octanol–water partition coefficient (Wildman–Crippen LogP) is -0.0767. The maximum Gasteiger partial charge on any atom is 0.351 e. The molecule has 54 valence electrons. The Morgan fingerprint density at radius 2 is 2.00 bits per heavy atom. The largest absolute Gasteiger partial charge is 0.465 e. The zero-order chi connectivity index (χ0) is 8.15. The van der Waals surface area contributed by atoms with Crippen LogP contribution in [0, 0.1) is 5.41 Å². The van der Waals surface area contributed by atoms with Gasteiger partial charge in [-0.25, -0.2) is 4.79 Å². The number of hydrogen-bond acceptors (Lipinski definition) is 4. The van der Waals surface area contributed by atoms with Crippen molar-refractivity contribution in [1.82, 2.24) is 0 Å². The summed E-state index contributed by atoms with van der Waals surface area (Å²) in [6.45, 7) is 1.17. The molecular weight excluding hydrogens is 134 g/mol. The highest BCUT2D eigenvalue weighted by molar-refractivity contribution is 6.22.